The van der Waals surface area contributed by atoms with Crippen LogP contribution in [0.5, 0.6) is 0 Å². The topological polar surface area (TPSA) is 53.2 Å². The first-order chi connectivity index (χ1) is 9.15. The average molecular weight is 261 g/mol. The summed E-state index contributed by atoms with van der Waals surface area (Å²) in [4.78, 5) is 12.1. The molecule has 1 saturated heterocycles. The van der Waals surface area contributed by atoms with Crippen LogP contribution in [0.25, 0.3) is 0 Å². The number of hydrogen-bond donors (Lipinski definition) is 3. The SMILES string of the molecule is CC1CNC(C(=O)NC(C)Cc2ccccc2)CN1. The smallest absolute Gasteiger partial charge is 0.238 e. The molecule has 0 spiro atoms. The number of carbonyl (C=O) groups is 1. The van der Waals surface area contributed by atoms with E-state index in [1.54, 1.807) is 0 Å². The normalized spacial score (nSPS) is 24.7. The minimum absolute atomic E-state index is 0.0860. The molecule has 104 valence electrons. The Bertz CT molecular complexity index is 399. The largest absolute Gasteiger partial charge is 0.352 e. The quantitative estimate of drug-likeness (QED) is 0.747. The van der Waals surface area contributed by atoms with Gasteiger partial charge in [0.2, 0.25) is 5.91 Å². The van der Waals surface area contributed by atoms with E-state index in [1.165, 1.54) is 5.56 Å². The molecule has 1 aliphatic heterocycles. The van der Waals surface area contributed by atoms with Crippen molar-refractivity contribution in [1.82, 2.24) is 16.0 Å². The number of nitrogens with one attached hydrogen (secondary N) is 3. The second-order valence-corrected chi connectivity index (χ2v) is 5.37. The molecule has 3 atom stereocenters. The first-order valence-corrected chi connectivity index (χ1v) is 6.96. The molecule has 1 fully saturated rings. The molecule has 1 aliphatic rings. The molecule has 0 bridgehead atoms. The second kappa shape index (κ2) is 6.68. The third-order valence-corrected chi connectivity index (χ3v) is 3.43. The van der Waals surface area contributed by atoms with Crippen LogP contribution in [0.15, 0.2) is 30.3 Å². The summed E-state index contributed by atoms with van der Waals surface area (Å²) in [5, 5.41) is 9.65. The maximum atomic E-state index is 12.1. The monoisotopic (exact) mass is 261 g/mol. The van der Waals surface area contributed by atoms with Gasteiger partial charge in [-0.25, -0.2) is 0 Å². The van der Waals surface area contributed by atoms with Gasteiger partial charge in [0.1, 0.15) is 0 Å². The Kier molecular flexibility index (Phi) is 4.93. The molecule has 2 rings (SSSR count). The van der Waals surface area contributed by atoms with Gasteiger partial charge in [-0.15, -0.1) is 0 Å². The fourth-order valence-electron chi connectivity index (χ4n) is 2.33. The predicted octanol–water partition coefficient (Wildman–Crippen LogP) is 0.684. The summed E-state index contributed by atoms with van der Waals surface area (Å²) < 4.78 is 0. The lowest BCUT2D eigenvalue weighted by molar-refractivity contribution is -0.124. The highest BCUT2D eigenvalue weighted by Crippen LogP contribution is 2.03. The number of hydrogen-bond acceptors (Lipinski definition) is 3. The standard InChI is InChI=1S/C15H23N3O/c1-11(8-13-6-4-3-5-7-13)18-15(19)14-10-16-12(2)9-17-14/h3-7,11-12,14,16-17H,8-10H2,1-2H3,(H,18,19). The molecule has 0 aliphatic carbocycles. The van der Waals surface area contributed by atoms with Crippen molar-refractivity contribution in [3.8, 4) is 0 Å². The third-order valence-electron chi connectivity index (χ3n) is 3.43. The Morgan fingerprint density at radius 1 is 1.32 bits per heavy atom. The molecule has 4 heteroatoms. The predicted molar refractivity (Wildman–Crippen MR) is 77.0 cm³/mol. The Balaban J connectivity index is 1.78. The van der Waals surface area contributed by atoms with Crippen molar-refractivity contribution in [2.24, 2.45) is 0 Å². The van der Waals surface area contributed by atoms with E-state index in [4.69, 9.17) is 0 Å². The number of amides is 1. The fraction of sp³-hybridized carbons (Fsp3) is 0.533. The third kappa shape index (κ3) is 4.33. The second-order valence-electron chi connectivity index (χ2n) is 5.37. The van der Waals surface area contributed by atoms with E-state index in [0.29, 0.717) is 12.6 Å². The van der Waals surface area contributed by atoms with E-state index < -0.39 is 0 Å². The maximum absolute atomic E-state index is 12.1. The van der Waals surface area contributed by atoms with Gasteiger partial charge in [0, 0.05) is 25.2 Å². The molecule has 0 saturated carbocycles. The molecule has 3 N–H and O–H groups in total. The van der Waals surface area contributed by atoms with Crippen LogP contribution in [-0.4, -0.2) is 37.1 Å². The van der Waals surface area contributed by atoms with E-state index in [9.17, 15) is 4.79 Å². The van der Waals surface area contributed by atoms with Crippen LogP contribution in [-0.2, 0) is 11.2 Å². The van der Waals surface area contributed by atoms with Gasteiger partial charge < -0.3 is 16.0 Å². The van der Waals surface area contributed by atoms with E-state index in [0.717, 1.165) is 13.0 Å². The summed E-state index contributed by atoms with van der Waals surface area (Å²) in [7, 11) is 0. The van der Waals surface area contributed by atoms with Crippen molar-refractivity contribution in [1.29, 1.82) is 0 Å². The summed E-state index contributed by atoms with van der Waals surface area (Å²) in [6, 6.07) is 10.7. The Labute approximate surface area is 115 Å². The molecular weight excluding hydrogens is 238 g/mol. The van der Waals surface area contributed by atoms with Crippen LogP contribution >= 0.6 is 0 Å². The fourth-order valence-corrected chi connectivity index (χ4v) is 2.33. The van der Waals surface area contributed by atoms with Crippen molar-refractivity contribution in [3.63, 3.8) is 0 Å². The molecular formula is C15H23N3O. The molecule has 1 amide bonds. The Morgan fingerprint density at radius 3 is 2.68 bits per heavy atom. The molecule has 3 unspecified atom stereocenters. The van der Waals surface area contributed by atoms with E-state index >= 15 is 0 Å². The summed E-state index contributed by atoms with van der Waals surface area (Å²) in [6.45, 7) is 5.69. The lowest BCUT2D eigenvalue weighted by Gasteiger charge is -2.29. The summed E-state index contributed by atoms with van der Waals surface area (Å²) in [5.74, 6) is 0.0860. The molecule has 19 heavy (non-hydrogen) atoms. The van der Waals surface area contributed by atoms with Crippen molar-refractivity contribution >= 4 is 5.91 Å². The number of rotatable bonds is 4. The molecule has 0 radical (unpaired) electrons. The van der Waals surface area contributed by atoms with E-state index in [2.05, 4.69) is 35.0 Å². The van der Waals surface area contributed by atoms with E-state index in [-0.39, 0.29) is 18.0 Å². The highest BCUT2D eigenvalue weighted by atomic mass is 16.2. The highest BCUT2D eigenvalue weighted by Gasteiger charge is 2.23. The van der Waals surface area contributed by atoms with Crippen LogP contribution < -0.4 is 16.0 Å². The summed E-state index contributed by atoms with van der Waals surface area (Å²) in [6.07, 6.45) is 0.864. The van der Waals surface area contributed by atoms with Crippen LogP contribution in [0.3, 0.4) is 0 Å². The van der Waals surface area contributed by atoms with Gasteiger partial charge in [-0.2, -0.15) is 0 Å². The van der Waals surface area contributed by atoms with Gasteiger partial charge in [0.15, 0.2) is 0 Å². The zero-order valence-corrected chi connectivity index (χ0v) is 11.6. The molecule has 1 heterocycles. The maximum Gasteiger partial charge on any atom is 0.238 e. The van der Waals surface area contributed by atoms with Crippen LogP contribution in [0.2, 0.25) is 0 Å². The van der Waals surface area contributed by atoms with Crippen molar-refractivity contribution in [2.45, 2.75) is 38.4 Å². The van der Waals surface area contributed by atoms with E-state index in [1.807, 2.05) is 25.1 Å². The van der Waals surface area contributed by atoms with Gasteiger partial charge in [-0.1, -0.05) is 30.3 Å². The zero-order valence-electron chi connectivity index (χ0n) is 11.6. The van der Waals surface area contributed by atoms with Gasteiger partial charge >= 0.3 is 0 Å². The minimum Gasteiger partial charge on any atom is -0.352 e. The lowest BCUT2D eigenvalue weighted by atomic mass is 10.1. The molecule has 0 aromatic heterocycles. The Morgan fingerprint density at radius 2 is 2.05 bits per heavy atom. The number of carbonyl (C=O) groups excluding carboxylic acids is 1. The highest BCUT2D eigenvalue weighted by molar-refractivity contribution is 5.82. The molecule has 1 aromatic rings. The minimum atomic E-state index is -0.116. The van der Waals surface area contributed by atoms with Crippen molar-refractivity contribution in [2.75, 3.05) is 13.1 Å². The number of piperazine rings is 1. The summed E-state index contributed by atoms with van der Waals surface area (Å²) >= 11 is 0. The van der Waals surface area contributed by atoms with Crippen molar-refractivity contribution in [3.05, 3.63) is 35.9 Å². The van der Waals surface area contributed by atoms with Crippen molar-refractivity contribution < 1.29 is 4.79 Å². The zero-order chi connectivity index (χ0) is 13.7. The average Bonchev–Trinajstić information content (AvgIpc) is 2.40. The van der Waals surface area contributed by atoms with Gasteiger partial charge in [-0.05, 0) is 25.8 Å². The number of benzene rings is 1. The Hall–Kier alpha value is -1.39. The van der Waals surface area contributed by atoms with Crippen LogP contribution in [0.1, 0.15) is 19.4 Å². The first kappa shape index (κ1) is 14.0. The van der Waals surface area contributed by atoms with Gasteiger partial charge in [0.05, 0.1) is 6.04 Å². The lowest BCUT2D eigenvalue weighted by Crippen LogP contribution is -2.59. The summed E-state index contributed by atoms with van der Waals surface area (Å²) in [5.41, 5.74) is 1.25. The molecule has 4 nitrogen and oxygen atoms in total. The van der Waals surface area contributed by atoms with Crippen LogP contribution in [0, 0.1) is 0 Å². The van der Waals surface area contributed by atoms with Gasteiger partial charge in [0.25, 0.3) is 0 Å². The first-order valence-electron chi connectivity index (χ1n) is 6.96. The van der Waals surface area contributed by atoms with Gasteiger partial charge in [-0.3, -0.25) is 4.79 Å². The molecule has 1 aromatic carbocycles. The van der Waals surface area contributed by atoms with Crippen LogP contribution in [0.4, 0.5) is 0 Å².